The molecule has 0 aromatic heterocycles. The predicted molar refractivity (Wildman–Crippen MR) is 90.0 cm³/mol. The molecule has 0 aliphatic rings. The van der Waals surface area contributed by atoms with Gasteiger partial charge in [0.1, 0.15) is 5.82 Å². The molecular weight excluding hydrogens is 331 g/mol. The Morgan fingerprint density at radius 3 is 2.48 bits per heavy atom. The number of hydrogen-bond acceptors (Lipinski definition) is 2. The molecule has 1 unspecified atom stereocenters. The summed E-state index contributed by atoms with van der Waals surface area (Å²) in [5.74, 6) is -0.206. The van der Waals surface area contributed by atoms with Gasteiger partial charge in [-0.15, -0.1) is 0 Å². The third kappa shape index (κ3) is 4.05. The van der Waals surface area contributed by atoms with Gasteiger partial charge in [0, 0.05) is 24.1 Å². The molecule has 1 atom stereocenters. The summed E-state index contributed by atoms with van der Waals surface area (Å²) in [5, 5.41) is 0. The lowest BCUT2D eigenvalue weighted by atomic mass is 10.0. The Hall–Kier alpha value is -1.39. The number of benzene rings is 2. The molecule has 0 fully saturated rings. The molecule has 2 aromatic carbocycles. The number of halogens is 2. The van der Waals surface area contributed by atoms with Crippen molar-refractivity contribution in [3.8, 4) is 0 Å². The molecular formula is C17H20BrFN2. The molecule has 0 radical (unpaired) electrons. The molecule has 112 valence electrons. The van der Waals surface area contributed by atoms with Crippen LogP contribution in [0.25, 0.3) is 0 Å². The lowest BCUT2D eigenvalue weighted by Crippen LogP contribution is -2.23. The van der Waals surface area contributed by atoms with E-state index >= 15 is 0 Å². The van der Waals surface area contributed by atoms with Crippen LogP contribution in [-0.4, -0.2) is 13.1 Å². The van der Waals surface area contributed by atoms with Crippen LogP contribution in [0.4, 0.5) is 10.1 Å². The normalized spacial score (nSPS) is 12.2. The fraction of sp³-hybridized carbons (Fsp3) is 0.294. The minimum absolute atomic E-state index is 0.00223. The summed E-state index contributed by atoms with van der Waals surface area (Å²) in [6.45, 7) is 2.57. The highest BCUT2D eigenvalue weighted by molar-refractivity contribution is 9.10. The molecule has 21 heavy (non-hydrogen) atoms. The van der Waals surface area contributed by atoms with E-state index < -0.39 is 0 Å². The van der Waals surface area contributed by atoms with Crippen LogP contribution in [0.15, 0.2) is 46.9 Å². The molecule has 0 aliphatic carbocycles. The Kier molecular flexibility index (Phi) is 5.37. The first kappa shape index (κ1) is 16.0. The SMILES string of the molecule is CC(N)Cc1cccc(F)c1N(C)Cc1ccccc1Br. The van der Waals surface area contributed by atoms with Gasteiger partial charge in [0.15, 0.2) is 0 Å². The quantitative estimate of drug-likeness (QED) is 0.878. The van der Waals surface area contributed by atoms with Crippen LogP contribution in [-0.2, 0) is 13.0 Å². The molecule has 0 bridgehead atoms. The van der Waals surface area contributed by atoms with Gasteiger partial charge < -0.3 is 10.6 Å². The second-order valence-electron chi connectivity index (χ2n) is 5.38. The van der Waals surface area contributed by atoms with E-state index in [0.29, 0.717) is 18.7 Å². The molecule has 0 spiro atoms. The average Bonchev–Trinajstić information content (AvgIpc) is 2.40. The summed E-state index contributed by atoms with van der Waals surface area (Å²) in [7, 11) is 1.91. The minimum atomic E-state index is -0.206. The maximum Gasteiger partial charge on any atom is 0.146 e. The van der Waals surface area contributed by atoms with Crippen LogP contribution in [0.2, 0.25) is 0 Å². The van der Waals surface area contributed by atoms with Crippen LogP contribution >= 0.6 is 15.9 Å². The van der Waals surface area contributed by atoms with Gasteiger partial charge in [-0.2, -0.15) is 0 Å². The van der Waals surface area contributed by atoms with Crippen molar-refractivity contribution in [3.05, 3.63) is 63.9 Å². The van der Waals surface area contributed by atoms with Crippen molar-refractivity contribution in [2.24, 2.45) is 5.73 Å². The van der Waals surface area contributed by atoms with Crippen LogP contribution < -0.4 is 10.6 Å². The number of hydrogen-bond donors (Lipinski definition) is 1. The van der Waals surface area contributed by atoms with E-state index in [1.54, 1.807) is 6.07 Å². The molecule has 0 heterocycles. The van der Waals surface area contributed by atoms with Crippen LogP contribution in [0, 0.1) is 5.82 Å². The largest absolute Gasteiger partial charge is 0.368 e. The Morgan fingerprint density at radius 1 is 1.14 bits per heavy atom. The molecule has 2 nitrogen and oxygen atoms in total. The zero-order chi connectivity index (χ0) is 15.4. The van der Waals surface area contributed by atoms with E-state index in [0.717, 1.165) is 15.6 Å². The zero-order valence-electron chi connectivity index (χ0n) is 12.3. The monoisotopic (exact) mass is 350 g/mol. The van der Waals surface area contributed by atoms with Crippen molar-refractivity contribution < 1.29 is 4.39 Å². The van der Waals surface area contributed by atoms with E-state index in [2.05, 4.69) is 15.9 Å². The Morgan fingerprint density at radius 2 is 1.81 bits per heavy atom. The van der Waals surface area contributed by atoms with Gasteiger partial charge >= 0.3 is 0 Å². The van der Waals surface area contributed by atoms with Gasteiger partial charge in [0.05, 0.1) is 5.69 Å². The van der Waals surface area contributed by atoms with Gasteiger partial charge in [-0.05, 0) is 36.6 Å². The Labute approximate surface area is 133 Å². The van der Waals surface area contributed by atoms with Crippen molar-refractivity contribution in [1.82, 2.24) is 0 Å². The third-order valence-electron chi connectivity index (χ3n) is 3.36. The fourth-order valence-electron chi connectivity index (χ4n) is 2.46. The van der Waals surface area contributed by atoms with E-state index in [4.69, 9.17) is 5.73 Å². The summed E-state index contributed by atoms with van der Waals surface area (Å²) >= 11 is 3.53. The van der Waals surface area contributed by atoms with Crippen LogP contribution in [0.3, 0.4) is 0 Å². The standard InChI is InChI=1S/C17H20BrFN2/c1-12(20)10-13-7-5-9-16(19)17(13)21(2)11-14-6-3-4-8-15(14)18/h3-9,12H,10-11,20H2,1-2H3. The third-order valence-corrected chi connectivity index (χ3v) is 4.13. The summed E-state index contributed by atoms with van der Waals surface area (Å²) in [6.07, 6.45) is 0.660. The molecule has 0 amide bonds. The molecule has 0 saturated heterocycles. The summed E-state index contributed by atoms with van der Waals surface area (Å²) < 4.78 is 15.3. The van der Waals surface area contributed by atoms with Crippen molar-refractivity contribution in [2.75, 3.05) is 11.9 Å². The van der Waals surface area contributed by atoms with E-state index in [1.807, 2.05) is 49.2 Å². The van der Waals surface area contributed by atoms with Crippen molar-refractivity contribution >= 4 is 21.6 Å². The molecule has 4 heteroatoms. The van der Waals surface area contributed by atoms with Gasteiger partial charge in [-0.3, -0.25) is 0 Å². The maximum atomic E-state index is 14.3. The predicted octanol–water partition coefficient (Wildman–Crippen LogP) is 4.11. The molecule has 2 N–H and O–H groups in total. The van der Waals surface area contributed by atoms with Crippen LogP contribution in [0.1, 0.15) is 18.1 Å². The van der Waals surface area contributed by atoms with E-state index in [-0.39, 0.29) is 11.9 Å². The lowest BCUT2D eigenvalue weighted by Gasteiger charge is -2.24. The number of nitrogens with zero attached hydrogens (tertiary/aromatic N) is 1. The molecule has 2 aromatic rings. The second-order valence-corrected chi connectivity index (χ2v) is 6.23. The number of para-hydroxylation sites is 1. The molecule has 0 aliphatic heterocycles. The van der Waals surface area contributed by atoms with E-state index in [9.17, 15) is 4.39 Å². The minimum Gasteiger partial charge on any atom is -0.368 e. The average molecular weight is 351 g/mol. The van der Waals surface area contributed by atoms with Gasteiger partial charge in [0.2, 0.25) is 0 Å². The number of nitrogens with two attached hydrogens (primary N) is 1. The first-order valence-electron chi connectivity index (χ1n) is 6.96. The fourth-order valence-corrected chi connectivity index (χ4v) is 2.87. The number of anilines is 1. The van der Waals surface area contributed by atoms with Crippen LogP contribution in [0.5, 0.6) is 0 Å². The molecule has 2 rings (SSSR count). The summed E-state index contributed by atoms with van der Waals surface area (Å²) in [6, 6.07) is 13.2. The highest BCUT2D eigenvalue weighted by atomic mass is 79.9. The van der Waals surface area contributed by atoms with Gasteiger partial charge in [-0.25, -0.2) is 4.39 Å². The topological polar surface area (TPSA) is 29.3 Å². The highest BCUT2D eigenvalue weighted by Gasteiger charge is 2.15. The molecule has 0 saturated carbocycles. The van der Waals surface area contributed by atoms with Crippen molar-refractivity contribution in [3.63, 3.8) is 0 Å². The maximum absolute atomic E-state index is 14.3. The first-order valence-corrected chi connectivity index (χ1v) is 7.76. The summed E-state index contributed by atoms with van der Waals surface area (Å²) in [4.78, 5) is 1.94. The second kappa shape index (κ2) is 7.05. The van der Waals surface area contributed by atoms with Gasteiger partial charge in [0.25, 0.3) is 0 Å². The van der Waals surface area contributed by atoms with Crippen molar-refractivity contribution in [1.29, 1.82) is 0 Å². The van der Waals surface area contributed by atoms with E-state index in [1.165, 1.54) is 6.07 Å². The zero-order valence-corrected chi connectivity index (χ0v) is 13.9. The number of rotatable bonds is 5. The van der Waals surface area contributed by atoms with Gasteiger partial charge in [-0.1, -0.05) is 46.3 Å². The first-order chi connectivity index (χ1) is 9.99. The Balaban J connectivity index is 2.30. The van der Waals surface area contributed by atoms with Crippen molar-refractivity contribution in [2.45, 2.75) is 25.9 Å². The lowest BCUT2D eigenvalue weighted by molar-refractivity contribution is 0.616. The highest BCUT2D eigenvalue weighted by Crippen LogP contribution is 2.27. The Bertz CT molecular complexity index is 613. The summed E-state index contributed by atoms with van der Waals surface area (Å²) in [5.41, 5.74) is 8.57. The smallest absolute Gasteiger partial charge is 0.146 e.